The number of anilines is 1. The number of aryl methyl sites for hydroxylation is 1. The summed E-state index contributed by atoms with van der Waals surface area (Å²) < 4.78 is 10.3. The van der Waals surface area contributed by atoms with E-state index in [1.807, 2.05) is 0 Å². The normalized spacial score (nSPS) is 15.5. The molecule has 0 unspecified atom stereocenters. The van der Waals surface area contributed by atoms with Crippen molar-refractivity contribution < 1.29 is 13.9 Å². The van der Waals surface area contributed by atoms with E-state index in [9.17, 15) is 4.79 Å². The fraction of sp³-hybridized carbons (Fsp3) is 0.421. The minimum atomic E-state index is -0.340. The second-order valence-electron chi connectivity index (χ2n) is 6.23. The molecular formula is C19H24N2O3. The van der Waals surface area contributed by atoms with Crippen LogP contribution >= 0.6 is 0 Å². The smallest absolute Gasteiger partial charge is 0.341 e. The Kier molecular flexibility index (Phi) is 4.90. The largest absolute Gasteiger partial charge is 0.467 e. The molecule has 5 heteroatoms. The van der Waals surface area contributed by atoms with Gasteiger partial charge in [0.05, 0.1) is 19.9 Å². The van der Waals surface area contributed by atoms with E-state index in [0.29, 0.717) is 17.9 Å². The summed E-state index contributed by atoms with van der Waals surface area (Å²) in [7, 11) is 1.39. The highest BCUT2D eigenvalue weighted by molar-refractivity contribution is 5.90. The van der Waals surface area contributed by atoms with Crippen molar-refractivity contribution >= 4 is 11.7 Å². The van der Waals surface area contributed by atoms with Crippen LogP contribution in [0.25, 0.3) is 0 Å². The van der Waals surface area contributed by atoms with Crippen molar-refractivity contribution in [1.29, 1.82) is 0 Å². The quantitative estimate of drug-likeness (QED) is 0.808. The van der Waals surface area contributed by atoms with Crippen LogP contribution in [0.2, 0.25) is 0 Å². The lowest BCUT2D eigenvalue weighted by atomic mass is 10.1. The lowest BCUT2D eigenvalue weighted by Gasteiger charge is -2.36. The van der Waals surface area contributed by atoms with Gasteiger partial charge in [-0.15, -0.1) is 0 Å². The fourth-order valence-corrected chi connectivity index (χ4v) is 3.18. The molecule has 0 amide bonds. The molecule has 0 aliphatic carbocycles. The number of esters is 1. The van der Waals surface area contributed by atoms with Crippen LogP contribution in [0, 0.1) is 13.8 Å². The Morgan fingerprint density at radius 3 is 2.62 bits per heavy atom. The molecule has 1 aromatic carbocycles. The van der Waals surface area contributed by atoms with Crippen molar-refractivity contribution in [3.63, 3.8) is 0 Å². The summed E-state index contributed by atoms with van der Waals surface area (Å²) in [5, 5.41) is 0. The summed E-state index contributed by atoms with van der Waals surface area (Å²) >= 11 is 0. The summed E-state index contributed by atoms with van der Waals surface area (Å²) in [6.45, 7) is 8.79. The predicted octanol–water partition coefficient (Wildman–Crippen LogP) is 3.01. The first-order chi connectivity index (χ1) is 11.6. The number of piperazine rings is 1. The lowest BCUT2D eigenvalue weighted by Crippen LogP contribution is -2.46. The van der Waals surface area contributed by atoms with Crippen LogP contribution in [0.3, 0.4) is 0 Å². The number of nitrogens with zero attached hydrogens (tertiary/aromatic N) is 2. The molecule has 0 bridgehead atoms. The number of hydrogen-bond donors (Lipinski definition) is 0. The number of rotatable bonds is 4. The molecule has 3 rings (SSSR count). The number of methoxy groups -OCH3 is 1. The van der Waals surface area contributed by atoms with Gasteiger partial charge in [-0.3, -0.25) is 4.90 Å². The summed E-state index contributed by atoms with van der Waals surface area (Å²) in [6, 6.07) is 8.14. The second-order valence-corrected chi connectivity index (χ2v) is 6.23. The number of carbonyl (C=O) groups is 1. The molecule has 2 heterocycles. The molecule has 0 N–H and O–H groups in total. The Balaban J connectivity index is 1.63. The first kappa shape index (κ1) is 16.6. The molecular weight excluding hydrogens is 304 g/mol. The third-order valence-electron chi connectivity index (χ3n) is 4.81. The van der Waals surface area contributed by atoms with Gasteiger partial charge in [-0.1, -0.05) is 12.1 Å². The Morgan fingerprint density at radius 1 is 1.17 bits per heavy atom. The summed E-state index contributed by atoms with van der Waals surface area (Å²) in [5.74, 6) is 0.342. The SMILES string of the molecule is COC(=O)c1ccoc1CN1CCN(c2cccc(C)c2C)CC1. The van der Waals surface area contributed by atoms with Gasteiger partial charge < -0.3 is 14.1 Å². The zero-order chi connectivity index (χ0) is 17.1. The molecule has 128 valence electrons. The van der Waals surface area contributed by atoms with Crippen molar-refractivity contribution in [2.24, 2.45) is 0 Å². The van der Waals surface area contributed by atoms with Crippen LogP contribution in [0.5, 0.6) is 0 Å². The van der Waals surface area contributed by atoms with Gasteiger partial charge in [-0.05, 0) is 37.1 Å². The topological polar surface area (TPSA) is 45.9 Å². The standard InChI is InChI=1S/C19H24N2O3/c1-14-5-4-6-17(15(14)2)21-10-8-20(9-11-21)13-18-16(7-12-24-18)19(22)23-3/h4-7,12H,8-11,13H2,1-3H3. The molecule has 1 fully saturated rings. The Bertz CT molecular complexity index is 715. The van der Waals surface area contributed by atoms with Crippen LogP contribution in [0.1, 0.15) is 27.2 Å². The zero-order valence-electron chi connectivity index (χ0n) is 14.5. The van der Waals surface area contributed by atoms with Crippen molar-refractivity contribution in [2.45, 2.75) is 20.4 Å². The van der Waals surface area contributed by atoms with Crippen molar-refractivity contribution in [3.05, 3.63) is 53.0 Å². The van der Waals surface area contributed by atoms with Gasteiger partial charge in [0.2, 0.25) is 0 Å². The van der Waals surface area contributed by atoms with Gasteiger partial charge in [0.25, 0.3) is 0 Å². The highest BCUT2D eigenvalue weighted by Gasteiger charge is 2.22. The average Bonchev–Trinajstić information content (AvgIpc) is 3.06. The highest BCUT2D eigenvalue weighted by atomic mass is 16.5. The number of furan rings is 1. The first-order valence-electron chi connectivity index (χ1n) is 8.28. The first-order valence-corrected chi connectivity index (χ1v) is 8.28. The van der Waals surface area contributed by atoms with E-state index in [-0.39, 0.29) is 5.97 Å². The maximum atomic E-state index is 11.7. The highest BCUT2D eigenvalue weighted by Crippen LogP contribution is 2.24. The van der Waals surface area contributed by atoms with E-state index in [1.54, 1.807) is 12.3 Å². The molecule has 2 aromatic rings. The van der Waals surface area contributed by atoms with Gasteiger partial charge in [0.15, 0.2) is 0 Å². The van der Waals surface area contributed by atoms with E-state index in [4.69, 9.17) is 9.15 Å². The van der Waals surface area contributed by atoms with Crippen LogP contribution in [0.4, 0.5) is 5.69 Å². The zero-order valence-corrected chi connectivity index (χ0v) is 14.5. The van der Waals surface area contributed by atoms with E-state index in [2.05, 4.69) is 41.8 Å². The molecule has 1 aromatic heterocycles. The molecule has 0 atom stereocenters. The lowest BCUT2D eigenvalue weighted by molar-refractivity contribution is 0.0596. The van der Waals surface area contributed by atoms with Gasteiger partial charge in [-0.25, -0.2) is 4.79 Å². The van der Waals surface area contributed by atoms with Crippen LogP contribution in [-0.4, -0.2) is 44.2 Å². The number of hydrogen-bond acceptors (Lipinski definition) is 5. The van der Waals surface area contributed by atoms with Gasteiger partial charge >= 0.3 is 5.97 Å². The van der Waals surface area contributed by atoms with Crippen LogP contribution < -0.4 is 4.90 Å². The van der Waals surface area contributed by atoms with Gasteiger partial charge in [0.1, 0.15) is 11.3 Å². The minimum absolute atomic E-state index is 0.340. The second kappa shape index (κ2) is 7.09. The predicted molar refractivity (Wildman–Crippen MR) is 93.5 cm³/mol. The van der Waals surface area contributed by atoms with E-state index in [0.717, 1.165) is 26.2 Å². The van der Waals surface area contributed by atoms with Crippen molar-refractivity contribution in [2.75, 3.05) is 38.2 Å². The third kappa shape index (κ3) is 3.31. The molecule has 1 aliphatic heterocycles. The third-order valence-corrected chi connectivity index (χ3v) is 4.81. The van der Waals surface area contributed by atoms with Crippen molar-refractivity contribution in [3.8, 4) is 0 Å². The molecule has 0 saturated carbocycles. The van der Waals surface area contributed by atoms with E-state index >= 15 is 0 Å². The van der Waals surface area contributed by atoms with Crippen LogP contribution in [0.15, 0.2) is 34.9 Å². The Labute approximate surface area is 142 Å². The van der Waals surface area contributed by atoms with Gasteiger partial charge in [0, 0.05) is 31.9 Å². The molecule has 24 heavy (non-hydrogen) atoms. The Morgan fingerprint density at radius 2 is 1.92 bits per heavy atom. The Hall–Kier alpha value is -2.27. The van der Waals surface area contributed by atoms with Crippen LogP contribution in [-0.2, 0) is 11.3 Å². The summed E-state index contributed by atoms with van der Waals surface area (Å²) in [6.07, 6.45) is 1.55. The summed E-state index contributed by atoms with van der Waals surface area (Å²) in [4.78, 5) is 16.5. The molecule has 0 spiro atoms. The number of benzene rings is 1. The maximum absolute atomic E-state index is 11.7. The average molecular weight is 328 g/mol. The van der Waals surface area contributed by atoms with E-state index in [1.165, 1.54) is 23.9 Å². The maximum Gasteiger partial charge on any atom is 0.341 e. The molecule has 0 radical (unpaired) electrons. The molecule has 5 nitrogen and oxygen atoms in total. The molecule has 1 aliphatic rings. The fourth-order valence-electron chi connectivity index (χ4n) is 3.18. The van der Waals surface area contributed by atoms with E-state index < -0.39 is 0 Å². The monoisotopic (exact) mass is 328 g/mol. The minimum Gasteiger partial charge on any atom is -0.467 e. The van der Waals surface area contributed by atoms with Gasteiger partial charge in [-0.2, -0.15) is 0 Å². The number of carbonyl (C=O) groups excluding carboxylic acids is 1. The number of ether oxygens (including phenoxy) is 1. The van der Waals surface area contributed by atoms with Crippen molar-refractivity contribution in [1.82, 2.24) is 4.90 Å². The summed E-state index contributed by atoms with van der Waals surface area (Å²) in [5.41, 5.74) is 4.52. The molecule has 1 saturated heterocycles.